The summed E-state index contributed by atoms with van der Waals surface area (Å²) >= 11 is 0. The van der Waals surface area contributed by atoms with Gasteiger partial charge in [-0.2, -0.15) is 0 Å². The summed E-state index contributed by atoms with van der Waals surface area (Å²) in [4.78, 5) is 0. The first-order chi connectivity index (χ1) is 9.93. The van der Waals surface area contributed by atoms with E-state index >= 15 is 0 Å². The molecule has 0 fully saturated rings. The van der Waals surface area contributed by atoms with Crippen molar-refractivity contribution in [1.29, 1.82) is 0 Å². The van der Waals surface area contributed by atoms with E-state index in [0.29, 0.717) is 12.3 Å². The molecule has 1 atom stereocenters. The molecule has 1 unspecified atom stereocenters. The predicted molar refractivity (Wildman–Crippen MR) is 83.4 cm³/mol. The zero-order chi connectivity index (χ0) is 15.0. The summed E-state index contributed by atoms with van der Waals surface area (Å²) in [7, 11) is 0. The minimum absolute atomic E-state index is 0.0445. The molecular weight excluding hydrogens is 265 g/mol. The molecule has 0 radical (unpaired) electrons. The van der Waals surface area contributed by atoms with Crippen molar-refractivity contribution in [3.63, 3.8) is 0 Å². The van der Waals surface area contributed by atoms with Gasteiger partial charge in [-0.15, -0.1) is 0 Å². The summed E-state index contributed by atoms with van der Waals surface area (Å²) in [5, 5.41) is 3.23. The van der Waals surface area contributed by atoms with Gasteiger partial charge in [-0.1, -0.05) is 45.0 Å². The van der Waals surface area contributed by atoms with Gasteiger partial charge in [0.05, 0.1) is 12.2 Å². The number of halogens is 1. The molecule has 110 valence electrons. The van der Waals surface area contributed by atoms with Crippen LogP contribution in [0.25, 0.3) is 0 Å². The van der Waals surface area contributed by atoms with Gasteiger partial charge in [0.1, 0.15) is 17.7 Å². The maximum absolute atomic E-state index is 13.2. The number of hydrogen-bond acceptors (Lipinski definition) is 2. The first-order valence-corrected chi connectivity index (χ1v) is 7.24. The summed E-state index contributed by atoms with van der Waals surface area (Å²) in [5.41, 5.74) is 3.30. The van der Waals surface area contributed by atoms with Crippen LogP contribution in [0.2, 0.25) is 0 Å². The third-order valence-electron chi connectivity index (χ3n) is 3.84. The molecule has 0 spiro atoms. The maximum atomic E-state index is 13.2. The maximum Gasteiger partial charge on any atom is 0.143 e. The minimum Gasteiger partial charge on any atom is -0.482 e. The van der Waals surface area contributed by atoms with E-state index in [9.17, 15) is 4.39 Å². The van der Waals surface area contributed by atoms with Gasteiger partial charge in [-0.3, -0.25) is 0 Å². The van der Waals surface area contributed by atoms with Crippen LogP contribution in [0.4, 0.5) is 10.1 Å². The third-order valence-corrected chi connectivity index (χ3v) is 3.84. The van der Waals surface area contributed by atoms with E-state index in [1.165, 1.54) is 17.7 Å². The molecule has 3 heteroatoms. The van der Waals surface area contributed by atoms with Gasteiger partial charge >= 0.3 is 0 Å². The van der Waals surface area contributed by atoms with Crippen molar-refractivity contribution in [2.75, 3.05) is 11.9 Å². The number of anilines is 1. The molecular formula is C18H20FNO. The molecule has 3 rings (SSSR count). The highest BCUT2D eigenvalue weighted by Crippen LogP contribution is 2.35. The lowest BCUT2D eigenvalue weighted by atomic mass is 9.86. The van der Waals surface area contributed by atoms with Crippen LogP contribution >= 0.6 is 0 Å². The Balaban J connectivity index is 1.81. The van der Waals surface area contributed by atoms with Crippen molar-refractivity contribution in [3.8, 4) is 5.75 Å². The van der Waals surface area contributed by atoms with Crippen LogP contribution in [0.15, 0.2) is 42.5 Å². The average Bonchev–Trinajstić information content (AvgIpc) is 2.46. The molecule has 0 aromatic heterocycles. The van der Waals surface area contributed by atoms with Gasteiger partial charge in [-0.25, -0.2) is 4.39 Å². The molecule has 21 heavy (non-hydrogen) atoms. The fourth-order valence-corrected chi connectivity index (χ4v) is 2.52. The van der Waals surface area contributed by atoms with Gasteiger partial charge in [0.2, 0.25) is 0 Å². The monoisotopic (exact) mass is 285 g/mol. The molecule has 0 saturated heterocycles. The highest BCUT2D eigenvalue weighted by Gasteiger charge is 2.22. The molecule has 0 saturated carbocycles. The SMILES string of the molecule is CC(C)(C)c1ccc(C2CNc3cc(F)ccc3O2)cc1. The van der Waals surface area contributed by atoms with Gasteiger partial charge < -0.3 is 10.1 Å². The van der Waals surface area contributed by atoms with E-state index in [-0.39, 0.29) is 17.3 Å². The van der Waals surface area contributed by atoms with E-state index in [2.05, 4.69) is 50.4 Å². The molecule has 1 aliphatic heterocycles. The van der Waals surface area contributed by atoms with Crippen LogP contribution in [0.3, 0.4) is 0 Å². The zero-order valence-corrected chi connectivity index (χ0v) is 12.6. The van der Waals surface area contributed by atoms with Crippen LogP contribution in [0.1, 0.15) is 38.0 Å². The van der Waals surface area contributed by atoms with Crippen LogP contribution in [-0.4, -0.2) is 6.54 Å². The number of ether oxygens (including phenoxy) is 1. The molecule has 2 nitrogen and oxygen atoms in total. The number of nitrogens with one attached hydrogen (secondary N) is 1. The largest absolute Gasteiger partial charge is 0.482 e. The Morgan fingerprint density at radius 2 is 1.81 bits per heavy atom. The molecule has 0 bridgehead atoms. The second-order valence-corrected chi connectivity index (χ2v) is 6.50. The lowest BCUT2D eigenvalue weighted by molar-refractivity contribution is 0.210. The van der Waals surface area contributed by atoms with Crippen LogP contribution in [0.5, 0.6) is 5.75 Å². The number of hydrogen-bond donors (Lipinski definition) is 1. The molecule has 2 aromatic rings. The van der Waals surface area contributed by atoms with Crippen LogP contribution < -0.4 is 10.1 Å². The Kier molecular flexibility index (Phi) is 3.36. The third kappa shape index (κ3) is 2.87. The van der Waals surface area contributed by atoms with E-state index in [4.69, 9.17) is 4.74 Å². The second-order valence-electron chi connectivity index (χ2n) is 6.50. The topological polar surface area (TPSA) is 21.3 Å². The molecule has 1 aliphatic rings. The van der Waals surface area contributed by atoms with Crippen LogP contribution in [-0.2, 0) is 5.41 Å². The minimum atomic E-state index is -0.252. The van der Waals surface area contributed by atoms with Crippen LogP contribution in [0, 0.1) is 5.82 Å². The number of benzene rings is 2. The van der Waals surface area contributed by atoms with Crippen molar-refractivity contribution >= 4 is 5.69 Å². The second kappa shape index (κ2) is 5.06. The molecule has 0 aliphatic carbocycles. The van der Waals surface area contributed by atoms with Gasteiger partial charge in [0, 0.05) is 6.07 Å². The summed E-state index contributed by atoms with van der Waals surface area (Å²) in [6, 6.07) is 13.1. The van der Waals surface area contributed by atoms with E-state index in [0.717, 1.165) is 11.3 Å². The average molecular weight is 285 g/mol. The number of rotatable bonds is 1. The van der Waals surface area contributed by atoms with Gasteiger partial charge in [0.15, 0.2) is 0 Å². The van der Waals surface area contributed by atoms with Gasteiger partial charge in [-0.05, 0) is 28.7 Å². The lowest BCUT2D eigenvalue weighted by Gasteiger charge is -2.28. The zero-order valence-electron chi connectivity index (χ0n) is 12.6. The van der Waals surface area contributed by atoms with Crippen molar-refractivity contribution in [2.45, 2.75) is 32.3 Å². The predicted octanol–water partition coefficient (Wildman–Crippen LogP) is 4.67. The normalized spacial score (nSPS) is 17.6. The van der Waals surface area contributed by atoms with E-state index in [1.54, 1.807) is 6.07 Å². The quantitative estimate of drug-likeness (QED) is 0.822. The molecule has 2 aromatic carbocycles. The molecule has 1 N–H and O–H groups in total. The summed E-state index contributed by atoms with van der Waals surface area (Å²) in [6.07, 6.45) is -0.0445. The van der Waals surface area contributed by atoms with E-state index < -0.39 is 0 Å². The Bertz CT molecular complexity index is 643. The highest BCUT2D eigenvalue weighted by molar-refractivity contribution is 5.58. The Hall–Kier alpha value is -2.03. The van der Waals surface area contributed by atoms with Crippen molar-refractivity contribution in [2.24, 2.45) is 0 Å². The standard InChI is InChI=1S/C18H20FNO/c1-18(2,3)13-6-4-12(5-7-13)17-11-20-15-10-14(19)8-9-16(15)21-17/h4-10,17,20H,11H2,1-3H3. The summed E-state index contributed by atoms with van der Waals surface area (Å²) in [6.45, 7) is 7.24. The lowest BCUT2D eigenvalue weighted by Crippen LogP contribution is -2.23. The number of fused-ring (bicyclic) bond motifs is 1. The summed E-state index contributed by atoms with van der Waals surface area (Å²) in [5.74, 6) is 0.449. The smallest absolute Gasteiger partial charge is 0.143 e. The van der Waals surface area contributed by atoms with Crippen molar-refractivity contribution in [1.82, 2.24) is 0 Å². The van der Waals surface area contributed by atoms with Crippen molar-refractivity contribution < 1.29 is 9.13 Å². The van der Waals surface area contributed by atoms with Crippen molar-refractivity contribution in [3.05, 3.63) is 59.4 Å². The highest BCUT2D eigenvalue weighted by atomic mass is 19.1. The Labute approximate surface area is 125 Å². The van der Waals surface area contributed by atoms with Gasteiger partial charge in [0.25, 0.3) is 0 Å². The fraction of sp³-hybridized carbons (Fsp3) is 0.333. The van der Waals surface area contributed by atoms with E-state index in [1.807, 2.05) is 0 Å². The Morgan fingerprint density at radius 1 is 1.10 bits per heavy atom. The fourth-order valence-electron chi connectivity index (χ4n) is 2.52. The Morgan fingerprint density at radius 3 is 2.48 bits per heavy atom. The summed E-state index contributed by atoms with van der Waals surface area (Å²) < 4.78 is 19.1. The molecule has 1 heterocycles. The first-order valence-electron chi connectivity index (χ1n) is 7.24. The first kappa shape index (κ1) is 13.9. The molecule has 0 amide bonds.